The van der Waals surface area contributed by atoms with Crippen molar-refractivity contribution in [3.05, 3.63) is 12.7 Å². The molecule has 0 radical (unpaired) electrons. The summed E-state index contributed by atoms with van der Waals surface area (Å²) >= 11 is 0. The molecule has 0 aromatic carbocycles. The quantitative estimate of drug-likeness (QED) is 0.275. The Kier molecular flexibility index (Phi) is 11.9. The van der Waals surface area contributed by atoms with Crippen LogP contribution >= 0.6 is 0 Å². The zero-order valence-electron chi connectivity index (χ0n) is 6.13. The van der Waals surface area contributed by atoms with Gasteiger partial charge in [0.25, 0.3) is 0 Å². The predicted octanol–water partition coefficient (Wildman–Crippen LogP) is -2.08. The summed E-state index contributed by atoms with van der Waals surface area (Å²) in [5, 5.41) is 8.72. The summed E-state index contributed by atoms with van der Waals surface area (Å²) in [4.78, 5) is 0. The molecular weight excluding hydrogens is 127 g/mol. The third-order valence-electron chi connectivity index (χ3n) is 0.756. The molecule has 0 heterocycles. The first-order valence-corrected chi connectivity index (χ1v) is 2.71. The van der Waals surface area contributed by atoms with Gasteiger partial charge in [-0.25, -0.2) is 0 Å². The fraction of sp³-hybridized carbons (Fsp3) is 0.667. The van der Waals surface area contributed by atoms with Gasteiger partial charge < -0.3 is 9.84 Å². The molecule has 0 aliphatic carbocycles. The van der Waals surface area contributed by atoms with E-state index in [2.05, 4.69) is 6.58 Å². The molecule has 0 aromatic rings. The van der Waals surface area contributed by atoms with Gasteiger partial charge in [-0.15, -0.1) is 6.58 Å². The molecule has 1 unspecified atom stereocenters. The molecule has 0 spiro atoms. The van der Waals surface area contributed by atoms with Crippen LogP contribution in [-0.2, 0) is 4.74 Å². The van der Waals surface area contributed by atoms with Crippen molar-refractivity contribution in [1.29, 1.82) is 0 Å². The SMILES string of the molecule is C=CCOC(O)CC.[Na+]. The third-order valence-corrected chi connectivity index (χ3v) is 0.756. The maximum atomic E-state index is 8.72. The predicted molar refractivity (Wildman–Crippen MR) is 32.4 cm³/mol. The van der Waals surface area contributed by atoms with Crippen molar-refractivity contribution in [2.45, 2.75) is 19.6 Å². The van der Waals surface area contributed by atoms with Gasteiger partial charge in [0.15, 0.2) is 6.29 Å². The molecule has 0 bridgehead atoms. The second-order valence-electron chi connectivity index (χ2n) is 1.48. The van der Waals surface area contributed by atoms with Crippen LogP contribution < -0.4 is 29.6 Å². The first kappa shape index (κ1) is 12.3. The van der Waals surface area contributed by atoms with Crippen LogP contribution in [0.25, 0.3) is 0 Å². The summed E-state index contributed by atoms with van der Waals surface area (Å²) in [6.45, 7) is 5.71. The molecule has 2 nitrogen and oxygen atoms in total. The summed E-state index contributed by atoms with van der Waals surface area (Å²) in [6, 6.07) is 0. The summed E-state index contributed by atoms with van der Waals surface area (Å²) < 4.78 is 4.78. The Bertz CT molecular complexity index is 66.1. The number of ether oxygens (including phenoxy) is 1. The number of hydrogen-bond acceptors (Lipinski definition) is 2. The molecule has 0 rings (SSSR count). The normalized spacial score (nSPS) is 11.8. The Labute approximate surface area is 78.2 Å². The summed E-state index contributed by atoms with van der Waals surface area (Å²) in [7, 11) is 0. The van der Waals surface area contributed by atoms with Crippen LogP contribution in [0, 0.1) is 0 Å². The molecule has 9 heavy (non-hydrogen) atoms. The van der Waals surface area contributed by atoms with E-state index in [1.54, 1.807) is 6.08 Å². The monoisotopic (exact) mass is 139 g/mol. The maximum Gasteiger partial charge on any atom is 1.00 e. The molecule has 0 aliphatic rings. The molecule has 1 N–H and O–H groups in total. The molecular formula is C6H12NaO2+. The van der Waals surface area contributed by atoms with E-state index in [0.29, 0.717) is 13.0 Å². The topological polar surface area (TPSA) is 29.5 Å². The van der Waals surface area contributed by atoms with Crippen LogP contribution in [0.1, 0.15) is 13.3 Å². The van der Waals surface area contributed by atoms with Gasteiger partial charge in [-0.1, -0.05) is 13.0 Å². The van der Waals surface area contributed by atoms with Crippen LogP contribution in [-0.4, -0.2) is 18.0 Å². The van der Waals surface area contributed by atoms with Crippen molar-refractivity contribution < 1.29 is 39.4 Å². The van der Waals surface area contributed by atoms with Gasteiger partial charge in [-0.2, -0.15) is 0 Å². The smallest absolute Gasteiger partial charge is 0.368 e. The molecule has 0 fully saturated rings. The van der Waals surface area contributed by atoms with Crippen LogP contribution in [0.4, 0.5) is 0 Å². The minimum absolute atomic E-state index is 0. The van der Waals surface area contributed by atoms with E-state index in [4.69, 9.17) is 9.84 Å². The minimum atomic E-state index is -0.618. The standard InChI is InChI=1S/C6H12O2.Na/c1-3-5-8-6(7)4-2;/h3,6-7H,1,4-5H2,2H3;/q;+1. The summed E-state index contributed by atoms with van der Waals surface area (Å²) in [5.41, 5.74) is 0. The van der Waals surface area contributed by atoms with E-state index in [1.807, 2.05) is 6.92 Å². The minimum Gasteiger partial charge on any atom is -0.368 e. The van der Waals surface area contributed by atoms with Crippen molar-refractivity contribution in [2.24, 2.45) is 0 Å². The zero-order valence-corrected chi connectivity index (χ0v) is 8.13. The van der Waals surface area contributed by atoms with Gasteiger partial charge in [0.05, 0.1) is 6.61 Å². The molecule has 0 aromatic heterocycles. The van der Waals surface area contributed by atoms with Gasteiger partial charge in [0, 0.05) is 0 Å². The van der Waals surface area contributed by atoms with Crippen LogP contribution in [0.3, 0.4) is 0 Å². The van der Waals surface area contributed by atoms with Crippen molar-refractivity contribution in [3.8, 4) is 0 Å². The second-order valence-corrected chi connectivity index (χ2v) is 1.48. The third kappa shape index (κ3) is 8.66. The van der Waals surface area contributed by atoms with Crippen LogP contribution in [0.5, 0.6) is 0 Å². The number of aliphatic hydroxyl groups is 1. The Morgan fingerprint density at radius 2 is 2.33 bits per heavy atom. The molecule has 0 aliphatic heterocycles. The van der Waals surface area contributed by atoms with E-state index in [0.717, 1.165) is 0 Å². The number of aliphatic hydroxyl groups excluding tert-OH is 1. The molecule has 0 saturated carbocycles. The van der Waals surface area contributed by atoms with Crippen molar-refractivity contribution >= 4 is 0 Å². The van der Waals surface area contributed by atoms with Gasteiger partial charge in [0.2, 0.25) is 0 Å². The molecule has 0 saturated heterocycles. The van der Waals surface area contributed by atoms with Crippen LogP contribution in [0.15, 0.2) is 12.7 Å². The first-order chi connectivity index (χ1) is 3.81. The summed E-state index contributed by atoms with van der Waals surface area (Å²) in [6.07, 6.45) is 1.63. The fourth-order valence-electron chi connectivity index (χ4n) is 0.297. The molecule has 1 atom stereocenters. The fourth-order valence-corrected chi connectivity index (χ4v) is 0.297. The summed E-state index contributed by atoms with van der Waals surface area (Å²) in [5.74, 6) is 0. The molecule has 48 valence electrons. The van der Waals surface area contributed by atoms with Crippen molar-refractivity contribution in [2.75, 3.05) is 6.61 Å². The van der Waals surface area contributed by atoms with E-state index >= 15 is 0 Å². The largest absolute Gasteiger partial charge is 1.00 e. The Morgan fingerprint density at radius 1 is 1.78 bits per heavy atom. The Balaban J connectivity index is 0. The van der Waals surface area contributed by atoms with E-state index < -0.39 is 6.29 Å². The Morgan fingerprint density at radius 3 is 2.67 bits per heavy atom. The second kappa shape index (κ2) is 8.66. The van der Waals surface area contributed by atoms with Crippen LogP contribution in [0.2, 0.25) is 0 Å². The maximum absolute atomic E-state index is 8.72. The average Bonchev–Trinajstić information content (AvgIpc) is 1.83. The molecule has 0 amide bonds. The van der Waals surface area contributed by atoms with E-state index in [-0.39, 0.29) is 29.6 Å². The van der Waals surface area contributed by atoms with Gasteiger partial charge in [-0.05, 0) is 6.42 Å². The van der Waals surface area contributed by atoms with Gasteiger partial charge in [-0.3, -0.25) is 0 Å². The number of rotatable bonds is 4. The number of hydrogen-bond donors (Lipinski definition) is 1. The molecule has 3 heteroatoms. The van der Waals surface area contributed by atoms with E-state index in [1.165, 1.54) is 0 Å². The first-order valence-electron chi connectivity index (χ1n) is 2.71. The van der Waals surface area contributed by atoms with Gasteiger partial charge in [0.1, 0.15) is 0 Å². The van der Waals surface area contributed by atoms with Gasteiger partial charge >= 0.3 is 29.6 Å². The Hall–Kier alpha value is 0.660. The average molecular weight is 139 g/mol. The zero-order chi connectivity index (χ0) is 6.41. The van der Waals surface area contributed by atoms with Crippen molar-refractivity contribution in [3.63, 3.8) is 0 Å². The van der Waals surface area contributed by atoms with E-state index in [9.17, 15) is 0 Å². The van der Waals surface area contributed by atoms with Crippen molar-refractivity contribution in [1.82, 2.24) is 0 Å².